The molecule has 0 radical (unpaired) electrons. The summed E-state index contributed by atoms with van der Waals surface area (Å²) in [6.45, 7) is 5.18. The summed E-state index contributed by atoms with van der Waals surface area (Å²) in [4.78, 5) is 39.0. The van der Waals surface area contributed by atoms with Crippen molar-refractivity contribution in [2.24, 2.45) is 0 Å². The second-order valence-corrected chi connectivity index (χ2v) is 7.48. The third-order valence-corrected chi connectivity index (χ3v) is 4.90. The molecule has 3 amide bonds. The van der Waals surface area contributed by atoms with Gasteiger partial charge in [-0.1, -0.05) is 12.1 Å². The highest BCUT2D eigenvalue weighted by atomic mass is 19.1. The predicted molar refractivity (Wildman–Crippen MR) is 114 cm³/mol. The van der Waals surface area contributed by atoms with Crippen LogP contribution in [0.3, 0.4) is 0 Å². The molecule has 0 saturated heterocycles. The van der Waals surface area contributed by atoms with Crippen molar-refractivity contribution in [3.05, 3.63) is 76.7 Å². The number of nitrogens with zero attached hydrogens (tertiary/aromatic N) is 1. The van der Waals surface area contributed by atoms with Gasteiger partial charge in [-0.05, 0) is 62.7 Å². The molecule has 1 aliphatic heterocycles. The number of carbonyl (C=O) groups excluding carboxylic acids is 3. The molecule has 2 N–H and O–H groups in total. The summed E-state index contributed by atoms with van der Waals surface area (Å²) < 4.78 is 18.5. The highest BCUT2D eigenvalue weighted by molar-refractivity contribution is 6.04. The van der Waals surface area contributed by atoms with Crippen molar-refractivity contribution in [1.82, 2.24) is 10.2 Å². The third kappa shape index (κ3) is 4.91. The Balaban J connectivity index is 1.91. The van der Waals surface area contributed by atoms with Crippen LogP contribution in [0.25, 0.3) is 0 Å². The molecule has 0 saturated carbocycles. The molecular formula is C23H24FN3O4. The number of benzene rings is 2. The molecule has 0 aromatic heterocycles. The van der Waals surface area contributed by atoms with Crippen LogP contribution >= 0.6 is 0 Å². The highest BCUT2D eigenvalue weighted by Gasteiger charge is 2.35. The molecule has 0 bridgehead atoms. The Bertz CT molecular complexity index is 1050. The van der Waals surface area contributed by atoms with E-state index >= 15 is 0 Å². The summed E-state index contributed by atoms with van der Waals surface area (Å²) in [5, 5.41) is 5.56. The summed E-state index contributed by atoms with van der Waals surface area (Å²) in [6, 6.07) is 10.9. The largest absolute Gasteiger partial charge is 0.459 e. The monoisotopic (exact) mass is 425 g/mol. The van der Waals surface area contributed by atoms with Crippen molar-refractivity contribution in [2.45, 2.75) is 32.9 Å². The van der Waals surface area contributed by atoms with Crippen LogP contribution in [0, 0.1) is 5.82 Å². The van der Waals surface area contributed by atoms with E-state index in [1.165, 1.54) is 29.2 Å². The number of hydrogen-bond donors (Lipinski definition) is 2. The number of esters is 1. The van der Waals surface area contributed by atoms with Crippen LogP contribution in [0.1, 0.15) is 42.7 Å². The first-order valence-electron chi connectivity index (χ1n) is 9.80. The Hall–Kier alpha value is -3.68. The fraction of sp³-hybridized carbons (Fsp3) is 0.261. The maximum Gasteiger partial charge on any atom is 0.338 e. The van der Waals surface area contributed by atoms with Crippen molar-refractivity contribution < 1.29 is 23.5 Å². The number of nitrogens with one attached hydrogen (secondary N) is 2. The first kappa shape index (κ1) is 22.0. The van der Waals surface area contributed by atoms with Crippen molar-refractivity contribution in [1.29, 1.82) is 0 Å². The number of carbonyl (C=O) groups is 3. The lowest BCUT2D eigenvalue weighted by molar-refractivity contribution is -0.143. The number of halogens is 1. The fourth-order valence-electron chi connectivity index (χ4n) is 3.23. The average molecular weight is 425 g/mol. The van der Waals surface area contributed by atoms with E-state index in [1.54, 1.807) is 52.1 Å². The van der Waals surface area contributed by atoms with Gasteiger partial charge < -0.3 is 20.3 Å². The standard InChI is InChI=1S/C23H24FN3O4/c1-13(2)31-22(29)19-14(3)27(4)23(30)26-20(19)16-6-5-7-18(12-16)25-21(28)15-8-10-17(24)11-9-15/h5-13,20H,1-4H3,(H,25,28)(H,26,30). The summed E-state index contributed by atoms with van der Waals surface area (Å²) in [5.41, 5.74) is 2.18. The number of allylic oxidation sites excluding steroid dienone is 1. The SMILES string of the molecule is CC1=C(C(=O)OC(C)C)C(c2cccc(NC(=O)c3ccc(F)cc3)c2)NC(=O)N1C. The van der Waals surface area contributed by atoms with Crippen LogP contribution in [0.2, 0.25) is 0 Å². The molecule has 0 aliphatic carbocycles. The molecule has 2 aromatic rings. The van der Waals surface area contributed by atoms with Crippen molar-refractivity contribution in [2.75, 3.05) is 12.4 Å². The number of rotatable bonds is 5. The molecule has 7 nitrogen and oxygen atoms in total. The zero-order chi connectivity index (χ0) is 22.7. The van der Waals surface area contributed by atoms with Crippen LogP contribution in [0.4, 0.5) is 14.9 Å². The number of hydrogen-bond acceptors (Lipinski definition) is 4. The molecule has 31 heavy (non-hydrogen) atoms. The molecule has 3 rings (SSSR count). The third-order valence-electron chi connectivity index (χ3n) is 4.90. The van der Waals surface area contributed by atoms with Gasteiger partial charge in [-0.2, -0.15) is 0 Å². The zero-order valence-corrected chi connectivity index (χ0v) is 17.7. The second-order valence-electron chi connectivity index (χ2n) is 7.48. The predicted octanol–water partition coefficient (Wildman–Crippen LogP) is 4.00. The van der Waals surface area contributed by atoms with E-state index in [9.17, 15) is 18.8 Å². The van der Waals surface area contributed by atoms with Gasteiger partial charge in [0.2, 0.25) is 0 Å². The van der Waals surface area contributed by atoms with Gasteiger partial charge in [-0.25, -0.2) is 14.0 Å². The van der Waals surface area contributed by atoms with Gasteiger partial charge in [0.15, 0.2) is 0 Å². The van der Waals surface area contributed by atoms with Crippen LogP contribution < -0.4 is 10.6 Å². The van der Waals surface area contributed by atoms with Crippen molar-refractivity contribution >= 4 is 23.6 Å². The molecule has 8 heteroatoms. The van der Waals surface area contributed by atoms with E-state index < -0.39 is 23.7 Å². The first-order valence-corrected chi connectivity index (χ1v) is 9.80. The molecule has 162 valence electrons. The Morgan fingerprint density at radius 2 is 1.84 bits per heavy atom. The number of ether oxygens (including phenoxy) is 1. The van der Waals surface area contributed by atoms with Crippen LogP contribution in [-0.4, -0.2) is 36.0 Å². The number of amides is 3. The first-order chi connectivity index (χ1) is 14.7. The van der Waals surface area contributed by atoms with E-state index in [0.29, 0.717) is 28.1 Å². The number of urea groups is 1. The van der Waals surface area contributed by atoms with E-state index in [4.69, 9.17) is 4.74 Å². The maximum absolute atomic E-state index is 13.1. The lowest BCUT2D eigenvalue weighted by Gasteiger charge is -2.33. The maximum atomic E-state index is 13.1. The molecule has 1 atom stereocenters. The van der Waals surface area contributed by atoms with E-state index in [0.717, 1.165) is 0 Å². The second kappa shape index (κ2) is 8.99. The molecule has 2 aromatic carbocycles. The highest BCUT2D eigenvalue weighted by Crippen LogP contribution is 2.32. The lowest BCUT2D eigenvalue weighted by Crippen LogP contribution is -2.46. The molecular weight excluding hydrogens is 401 g/mol. The summed E-state index contributed by atoms with van der Waals surface area (Å²) >= 11 is 0. The Kier molecular flexibility index (Phi) is 6.39. The van der Waals surface area contributed by atoms with Crippen LogP contribution in [0.5, 0.6) is 0 Å². The lowest BCUT2D eigenvalue weighted by atomic mass is 9.94. The summed E-state index contributed by atoms with van der Waals surface area (Å²) in [5.74, 6) is -1.36. The normalized spacial score (nSPS) is 16.3. The minimum atomic E-state index is -0.738. The van der Waals surface area contributed by atoms with Gasteiger partial charge in [0.1, 0.15) is 5.82 Å². The average Bonchev–Trinajstić information content (AvgIpc) is 2.71. The molecule has 1 aliphatic rings. The van der Waals surface area contributed by atoms with E-state index in [2.05, 4.69) is 10.6 Å². The fourth-order valence-corrected chi connectivity index (χ4v) is 3.23. The number of anilines is 1. The Labute approximate surface area is 179 Å². The van der Waals surface area contributed by atoms with Gasteiger partial charge in [0, 0.05) is 24.0 Å². The minimum Gasteiger partial charge on any atom is -0.459 e. The van der Waals surface area contributed by atoms with Gasteiger partial charge in [0.25, 0.3) is 5.91 Å². The van der Waals surface area contributed by atoms with Gasteiger partial charge in [-0.15, -0.1) is 0 Å². The van der Waals surface area contributed by atoms with Gasteiger partial charge >= 0.3 is 12.0 Å². The van der Waals surface area contributed by atoms with Gasteiger partial charge in [0.05, 0.1) is 17.7 Å². The summed E-state index contributed by atoms with van der Waals surface area (Å²) in [6.07, 6.45) is -0.322. The summed E-state index contributed by atoms with van der Waals surface area (Å²) in [7, 11) is 1.57. The van der Waals surface area contributed by atoms with Gasteiger partial charge in [-0.3, -0.25) is 4.79 Å². The topological polar surface area (TPSA) is 87.7 Å². The quantitative estimate of drug-likeness (QED) is 0.709. The molecule has 1 unspecified atom stereocenters. The van der Waals surface area contributed by atoms with Crippen molar-refractivity contribution in [3.63, 3.8) is 0 Å². The molecule has 0 fully saturated rings. The van der Waals surface area contributed by atoms with E-state index in [-0.39, 0.29) is 12.1 Å². The molecule has 0 spiro atoms. The van der Waals surface area contributed by atoms with Crippen LogP contribution in [-0.2, 0) is 9.53 Å². The zero-order valence-electron chi connectivity index (χ0n) is 17.7. The Morgan fingerprint density at radius 1 is 1.16 bits per heavy atom. The van der Waals surface area contributed by atoms with E-state index in [1.807, 2.05) is 0 Å². The van der Waals surface area contributed by atoms with Crippen LogP contribution in [0.15, 0.2) is 59.8 Å². The smallest absolute Gasteiger partial charge is 0.338 e. The molecule has 1 heterocycles. The minimum absolute atomic E-state index is 0.302. The Morgan fingerprint density at radius 3 is 2.48 bits per heavy atom. The van der Waals surface area contributed by atoms with Crippen molar-refractivity contribution in [3.8, 4) is 0 Å².